The lowest BCUT2D eigenvalue weighted by molar-refractivity contribution is -0.131. The molecule has 0 spiro atoms. The van der Waals surface area contributed by atoms with Crippen LogP contribution < -0.4 is 14.6 Å². The summed E-state index contributed by atoms with van der Waals surface area (Å²) in [6.45, 7) is 0. The number of benzene rings is 1. The lowest BCUT2D eigenvalue weighted by atomic mass is 10.1. The maximum Gasteiger partial charge on any atom is 0.410 e. The molecule has 1 unspecified atom stereocenters. The van der Waals surface area contributed by atoms with Gasteiger partial charge in [-0.25, -0.2) is 13.6 Å². The number of hydrogen-bond donors (Lipinski definition) is 1. The number of primary sulfonamides is 1. The molecule has 114 valence electrons. The Bertz CT molecular complexity index is 603. The van der Waals surface area contributed by atoms with Crippen molar-refractivity contribution in [1.29, 1.82) is 0 Å². The zero-order valence-corrected chi connectivity index (χ0v) is 12.8. The average Bonchev–Trinajstić information content (AvgIpc) is 2.27. The van der Waals surface area contributed by atoms with Gasteiger partial charge in [0.25, 0.3) is 0 Å². The molecule has 0 aliphatic rings. The predicted molar refractivity (Wildman–Crippen MR) is 69.1 cm³/mol. The lowest BCUT2D eigenvalue weighted by Gasteiger charge is -2.21. The Morgan fingerprint density at radius 1 is 1.20 bits per heavy atom. The fourth-order valence-electron chi connectivity index (χ4n) is 1.61. The molecule has 0 saturated carbocycles. The van der Waals surface area contributed by atoms with E-state index in [0.717, 1.165) is 6.07 Å². The summed E-state index contributed by atoms with van der Waals surface area (Å²) in [5.74, 6) is 0.113. The molecule has 1 atom stereocenters. The van der Waals surface area contributed by atoms with Gasteiger partial charge in [0.05, 0.1) is 14.2 Å². The summed E-state index contributed by atoms with van der Waals surface area (Å²) in [6.07, 6.45) is -5.06. The second-order valence-electron chi connectivity index (χ2n) is 3.74. The van der Waals surface area contributed by atoms with Gasteiger partial charge in [0.2, 0.25) is 10.0 Å². The van der Waals surface area contributed by atoms with Crippen LogP contribution in [0.5, 0.6) is 11.5 Å². The number of halogens is 4. The Morgan fingerprint density at radius 2 is 1.65 bits per heavy atom. The molecule has 5 nitrogen and oxygen atoms in total. The molecule has 2 N–H and O–H groups in total. The quantitative estimate of drug-likeness (QED) is 0.873. The van der Waals surface area contributed by atoms with Gasteiger partial charge in [0, 0.05) is 4.47 Å². The molecule has 1 aromatic rings. The van der Waals surface area contributed by atoms with Crippen molar-refractivity contribution < 1.29 is 31.1 Å². The highest BCUT2D eigenvalue weighted by atomic mass is 79.9. The molecule has 0 aromatic heterocycles. The molecule has 0 fully saturated rings. The van der Waals surface area contributed by atoms with Crippen LogP contribution in [0.15, 0.2) is 16.6 Å². The van der Waals surface area contributed by atoms with E-state index in [2.05, 4.69) is 21.1 Å². The minimum Gasteiger partial charge on any atom is -0.493 e. The molecule has 0 amide bonds. The van der Waals surface area contributed by atoms with E-state index in [1.54, 1.807) is 0 Å². The third-order valence-corrected chi connectivity index (χ3v) is 4.28. The van der Waals surface area contributed by atoms with Crippen molar-refractivity contribution in [2.45, 2.75) is 11.4 Å². The zero-order valence-electron chi connectivity index (χ0n) is 10.4. The standard InChI is InChI=1S/C10H11BrF3NO4S/c1-18-7-3-5(6(11)4-8(7)19-2)9(10(12,13)14)20(15,16)17/h3-4,9H,1-2H3,(H2,15,16,17). The van der Waals surface area contributed by atoms with Gasteiger partial charge in [0.1, 0.15) is 0 Å². The summed E-state index contributed by atoms with van der Waals surface area (Å²) in [5.41, 5.74) is -0.572. The summed E-state index contributed by atoms with van der Waals surface area (Å²) < 4.78 is 71.0. The zero-order chi connectivity index (χ0) is 15.7. The summed E-state index contributed by atoms with van der Waals surface area (Å²) in [6, 6.07) is 2.10. The van der Waals surface area contributed by atoms with Crippen molar-refractivity contribution in [2.75, 3.05) is 14.2 Å². The van der Waals surface area contributed by atoms with Gasteiger partial charge in [-0.15, -0.1) is 0 Å². The van der Waals surface area contributed by atoms with Crippen LogP contribution in [0.2, 0.25) is 0 Å². The first kappa shape index (κ1) is 17.1. The van der Waals surface area contributed by atoms with Gasteiger partial charge >= 0.3 is 6.18 Å². The number of alkyl halides is 3. The minimum atomic E-state index is -5.06. The van der Waals surface area contributed by atoms with E-state index in [9.17, 15) is 21.6 Å². The number of rotatable bonds is 4. The van der Waals surface area contributed by atoms with E-state index in [4.69, 9.17) is 9.47 Å². The first-order valence-corrected chi connectivity index (χ1v) is 7.42. The topological polar surface area (TPSA) is 78.6 Å². The van der Waals surface area contributed by atoms with Gasteiger partial charge in [-0.2, -0.15) is 13.2 Å². The van der Waals surface area contributed by atoms with Crippen LogP contribution in [0, 0.1) is 0 Å². The molecule has 0 aliphatic heterocycles. The Balaban J connectivity index is 3.58. The Labute approximate surface area is 122 Å². The monoisotopic (exact) mass is 377 g/mol. The third-order valence-electron chi connectivity index (χ3n) is 2.41. The van der Waals surface area contributed by atoms with Crippen LogP contribution in [0.1, 0.15) is 10.8 Å². The largest absolute Gasteiger partial charge is 0.493 e. The van der Waals surface area contributed by atoms with Crippen LogP contribution in [-0.4, -0.2) is 28.8 Å². The van der Waals surface area contributed by atoms with Crippen molar-refractivity contribution in [1.82, 2.24) is 0 Å². The normalized spacial score (nSPS) is 13.9. The number of nitrogens with two attached hydrogens (primary N) is 1. The first-order valence-electron chi connectivity index (χ1n) is 5.02. The summed E-state index contributed by atoms with van der Waals surface area (Å²) in [5, 5.41) is 1.83. The van der Waals surface area contributed by atoms with E-state index in [0.29, 0.717) is 0 Å². The molecule has 0 bridgehead atoms. The molecule has 0 heterocycles. The smallest absolute Gasteiger partial charge is 0.410 e. The molecule has 20 heavy (non-hydrogen) atoms. The Hall–Kier alpha value is -1.00. The summed E-state index contributed by atoms with van der Waals surface area (Å²) >= 11 is 2.88. The van der Waals surface area contributed by atoms with Crippen LogP contribution >= 0.6 is 15.9 Å². The van der Waals surface area contributed by atoms with Crippen LogP contribution in [0.3, 0.4) is 0 Å². The van der Waals surface area contributed by atoms with Gasteiger partial charge in [-0.05, 0) is 17.7 Å². The molecule has 0 saturated heterocycles. The maximum absolute atomic E-state index is 12.9. The lowest BCUT2D eigenvalue weighted by Crippen LogP contribution is -2.33. The van der Waals surface area contributed by atoms with Crippen molar-refractivity contribution in [3.63, 3.8) is 0 Å². The maximum atomic E-state index is 12.9. The number of sulfonamides is 1. The van der Waals surface area contributed by atoms with Crippen molar-refractivity contribution in [2.24, 2.45) is 5.14 Å². The van der Waals surface area contributed by atoms with E-state index in [1.165, 1.54) is 20.3 Å². The molecular formula is C10H11BrF3NO4S. The fraction of sp³-hybridized carbons (Fsp3) is 0.400. The summed E-state index contributed by atoms with van der Waals surface area (Å²) in [4.78, 5) is 0. The second kappa shape index (κ2) is 5.78. The van der Waals surface area contributed by atoms with Crippen molar-refractivity contribution >= 4 is 26.0 Å². The van der Waals surface area contributed by atoms with Gasteiger partial charge in [-0.1, -0.05) is 15.9 Å². The van der Waals surface area contributed by atoms with Crippen LogP contribution in [0.4, 0.5) is 13.2 Å². The SMILES string of the molecule is COc1cc(Br)c(C(C(F)(F)F)S(N)(=O)=O)cc1OC. The predicted octanol–water partition coefficient (Wildman–Crippen LogP) is 2.36. The highest BCUT2D eigenvalue weighted by molar-refractivity contribution is 9.10. The van der Waals surface area contributed by atoms with Gasteiger partial charge < -0.3 is 9.47 Å². The number of hydrogen-bond acceptors (Lipinski definition) is 4. The molecule has 1 rings (SSSR count). The highest BCUT2D eigenvalue weighted by Gasteiger charge is 2.49. The first-order chi connectivity index (χ1) is 9.02. The van der Waals surface area contributed by atoms with Gasteiger partial charge in [0.15, 0.2) is 16.7 Å². The highest BCUT2D eigenvalue weighted by Crippen LogP contribution is 2.44. The summed E-state index contributed by atoms with van der Waals surface area (Å²) in [7, 11) is -2.38. The van der Waals surface area contributed by atoms with E-state index < -0.39 is 27.0 Å². The van der Waals surface area contributed by atoms with Crippen molar-refractivity contribution in [3.05, 3.63) is 22.2 Å². The molecule has 0 radical (unpaired) electrons. The van der Waals surface area contributed by atoms with E-state index in [-0.39, 0.29) is 16.0 Å². The van der Waals surface area contributed by atoms with E-state index >= 15 is 0 Å². The van der Waals surface area contributed by atoms with Crippen LogP contribution in [0.25, 0.3) is 0 Å². The number of ether oxygens (including phenoxy) is 2. The van der Waals surface area contributed by atoms with E-state index in [1.807, 2.05) is 0 Å². The average molecular weight is 378 g/mol. The van der Waals surface area contributed by atoms with Crippen LogP contribution in [-0.2, 0) is 10.0 Å². The van der Waals surface area contributed by atoms with Crippen molar-refractivity contribution in [3.8, 4) is 11.5 Å². The molecular weight excluding hydrogens is 367 g/mol. The molecule has 0 aliphatic carbocycles. The third kappa shape index (κ3) is 3.55. The molecule has 10 heteroatoms. The Morgan fingerprint density at radius 3 is 2.00 bits per heavy atom. The minimum absolute atomic E-state index is 0.0383. The fourth-order valence-corrected chi connectivity index (χ4v) is 3.23. The van der Waals surface area contributed by atoms with Gasteiger partial charge in [-0.3, -0.25) is 0 Å². The Kier molecular flexibility index (Phi) is 4.93. The number of methoxy groups -OCH3 is 2. The molecule has 1 aromatic carbocycles. The second-order valence-corrected chi connectivity index (χ2v) is 6.24.